The van der Waals surface area contributed by atoms with Crippen molar-refractivity contribution in [1.82, 2.24) is 5.32 Å². The van der Waals surface area contributed by atoms with Gasteiger partial charge in [0.15, 0.2) is 0 Å². The Balaban J connectivity index is 2.07. The molecule has 0 aliphatic rings. The molecule has 0 aromatic heterocycles. The van der Waals surface area contributed by atoms with Crippen LogP contribution in [-0.4, -0.2) is 19.6 Å². The summed E-state index contributed by atoms with van der Waals surface area (Å²) in [6.45, 7) is 3.41. The third-order valence-electron chi connectivity index (χ3n) is 3.29. The summed E-state index contributed by atoms with van der Waals surface area (Å²) in [6, 6.07) is 15.2. The Labute approximate surface area is 131 Å². The number of benzene rings is 2. The Morgan fingerprint density at radius 2 is 1.73 bits per heavy atom. The molecule has 2 rings (SSSR count). The predicted octanol–water partition coefficient (Wildman–Crippen LogP) is 3.16. The molecule has 4 heteroatoms. The number of carbonyl (C=O) groups excluding carboxylic acids is 1. The molecule has 0 heterocycles. The number of para-hydroxylation sites is 1. The number of hydrogen-bond donors (Lipinski definition) is 1. The molecule has 0 aliphatic carbocycles. The largest absolute Gasteiger partial charge is 0.493 e. The minimum Gasteiger partial charge on any atom is -0.493 e. The fourth-order valence-electron chi connectivity index (χ4n) is 2.23. The molecule has 0 bridgehead atoms. The average molecular weight is 299 g/mol. The van der Waals surface area contributed by atoms with Gasteiger partial charge in [0.2, 0.25) is 0 Å². The fourth-order valence-corrected chi connectivity index (χ4v) is 2.23. The van der Waals surface area contributed by atoms with E-state index < -0.39 is 0 Å². The summed E-state index contributed by atoms with van der Waals surface area (Å²) in [5.41, 5.74) is 2.67. The SMILES string of the molecule is CCOc1ccccc1C(=O)NCc1ccccc1COC. The molecule has 2 aromatic rings. The van der Waals surface area contributed by atoms with Gasteiger partial charge in [-0.05, 0) is 30.2 Å². The molecule has 0 fully saturated rings. The van der Waals surface area contributed by atoms with Gasteiger partial charge in [0.25, 0.3) is 5.91 Å². The van der Waals surface area contributed by atoms with Crippen molar-refractivity contribution in [3.63, 3.8) is 0 Å². The van der Waals surface area contributed by atoms with Gasteiger partial charge in [-0.2, -0.15) is 0 Å². The van der Waals surface area contributed by atoms with Gasteiger partial charge in [-0.3, -0.25) is 4.79 Å². The van der Waals surface area contributed by atoms with Crippen molar-refractivity contribution in [2.24, 2.45) is 0 Å². The van der Waals surface area contributed by atoms with Gasteiger partial charge in [0, 0.05) is 13.7 Å². The number of ether oxygens (including phenoxy) is 2. The summed E-state index contributed by atoms with van der Waals surface area (Å²) in [5.74, 6) is 0.462. The van der Waals surface area contributed by atoms with Crippen LogP contribution in [0.25, 0.3) is 0 Å². The van der Waals surface area contributed by atoms with Crippen molar-refractivity contribution in [1.29, 1.82) is 0 Å². The number of methoxy groups -OCH3 is 1. The molecule has 0 saturated heterocycles. The van der Waals surface area contributed by atoms with Gasteiger partial charge in [0.05, 0.1) is 18.8 Å². The normalized spacial score (nSPS) is 10.3. The summed E-state index contributed by atoms with van der Waals surface area (Å²) in [6.07, 6.45) is 0. The smallest absolute Gasteiger partial charge is 0.255 e. The third kappa shape index (κ3) is 4.09. The summed E-state index contributed by atoms with van der Waals surface area (Å²) in [7, 11) is 1.66. The van der Waals surface area contributed by atoms with E-state index in [2.05, 4.69) is 5.32 Å². The molecular formula is C18H21NO3. The van der Waals surface area contributed by atoms with Crippen LogP contribution < -0.4 is 10.1 Å². The first-order valence-electron chi connectivity index (χ1n) is 7.32. The van der Waals surface area contributed by atoms with E-state index >= 15 is 0 Å². The standard InChI is InChI=1S/C18H21NO3/c1-3-22-17-11-7-6-10-16(17)18(20)19-12-14-8-4-5-9-15(14)13-21-2/h4-11H,3,12-13H2,1-2H3,(H,19,20). The van der Waals surface area contributed by atoms with Crippen LogP contribution in [0.15, 0.2) is 48.5 Å². The van der Waals surface area contributed by atoms with Crippen LogP contribution >= 0.6 is 0 Å². The summed E-state index contributed by atoms with van der Waals surface area (Å²) in [5, 5.41) is 2.94. The van der Waals surface area contributed by atoms with Gasteiger partial charge in [-0.15, -0.1) is 0 Å². The number of rotatable bonds is 7. The van der Waals surface area contributed by atoms with Gasteiger partial charge in [0.1, 0.15) is 5.75 Å². The summed E-state index contributed by atoms with van der Waals surface area (Å²) < 4.78 is 10.7. The zero-order valence-corrected chi connectivity index (χ0v) is 13.0. The number of hydrogen-bond acceptors (Lipinski definition) is 3. The highest BCUT2D eigenvalue weighted by Gasteiger charge is 2.12. The number of carbonyl (C=O) groups is 1. The van der Waals surface area contributed by atoms with E-state index in [1.807, 2.05) is 43.3 Å². The lowest BCUT2D eigenvalue weighted by Gasteiger charge is -2.12. The molecule has 116 valence electrons. The van der Waals surface area contributed by atoms with Crippen molar-refractivity contribution < 1.29 is 14.3 Å². The van der Waals surface area contributed by atoms with E-state index in [0.717, 1.165) is 11.1 Å². The minimum atomic E-state index is -0.142. The maximum absolute atomic E-state index is 12.4. The zero-order valence-electron chi connectivity index (χ0n) is 13.0. The van der Waals surface area contributed by atoms with Gasteiger partial charge in [-0.1, -0.05) is 36.4 Å². The fraction of sp³-hybridized carbons (Fsp3) is 0.278. The number of amides is 1. The van der Waals surface area contributed by atoms with Crippen LogP contribution in [-0.2, 0) is 17.9 Å². The summed E-state index contributed by atoms with van der Waals surface area (Å²) in [4.78, 5) is 12.4. The Hall–Kier alpha value is -2.33. The van der Waals surface area contributed by atoms with Crippen LogP contribution in [0.5, 0.6) is 5.75 Å². The van der Waals surface area contributed by atoms with Crippen molar-refractivity contribution >= 4 is 5.91 Å². The topological polar surface area (TPSA) is 47.6 Å². The highest BCUT2D eigenvalue weighted by Crippen LogP contribution is 2.18. The van der Waals surface area contributed by atoms with Gasteiger partial charge < -0.3 is 14.8 Å². The lowest BCUT2D eigenvalue weighted by molar-refractivity contribution is 0.0946. The molecule has 0 spiro atoms. The number of nitrogens with one attached hydrogen (secondary N) is 1. The summed E-state index contributed by atoms with van der Waals surface area (Å²) >= 11 is 0. The minimum absolute atomic E-state index is 0.142. The average Bonchev–Trinajstić information content (AvgIpc) is 2.55. The van der Waals surface area contributed by atoms with Crippen LogP contribution in [0.3, 0.4) is 0 Å². The lowest BCUT2D eigenvalue weighted by atomic mass is 10.1. The predicted molar refractivity (Wildman–Crippen MR) is 85.9 cm³/mol. The van der Waals surface area contributed by atoms with Crippen molar-refractivity contribution in [3.05, 3.63) is 65.2 Å². The molecule has 2 aromatic carbocycles. The van der Waals surface area contributed by atoms with Crippen molar-refractivity contribution in [3.8, 4) is 5.75 Å². The molecule has 0 atom stereocenters. The van der Waals surface area contributed by atoms with E-state index in [9.17, 15) is 4.79 Å². The maximum atomic E-state index is 12.4. The monoisotopic (exact) mass is 299 g/mol. The maximum Gasteiger partial charge on any atom is 0.255 e. The molecule has 22 heavy (non-hydrogen) atoms. The Kier molecular flexibility index (Phi) is 5.98. The molecule has 1 amide bonds. The van der Waals surface area contributed by atoms with Crippen LogP contribution in [0.4, 0.5) is 0 Å². The first kappa shape index (κ1) is 16.0. The van der Waals surface area contributed by atoms with E-state index in [1.165, 1.54) is 0 Å². The van der Waals surface area contributed by atoms with Gasteiger partial charge in [-0.25, -0.2) is 0 Å². The second-order valence-corrected chi connectivity index (χ2v) is 4.81. The van der Waals surface area contributed by atoms with Crippen molar-refractivity contribution in [2.75, 3.05) is 13.7 Å². The van der Waals surface area contributed by atoms with Crippen LogP contribution in [0, 0.1) is 0 Å². The van der Waals surface area contributed by atoms with E-state index in [0.29, 0.717) is 31.1 Å². The second kappa shape index (κ2) is 8.20. The van der Waals surface area contributed by atoms with Crippen LogP contribution in [0.1, 0.15) is 28.4 Å². The Morgan fingerprint density at radius 1 is 1.05 bits per heavy atom. The third-order valence-corrected chi connectivity index (χ3v) is 3.29. The van der Waals surface area contributed by atoms with Gasteiger partial charge >= 0.3 is 0 Å². The highest BCUT2D eigenvalue weighted by atomic mass is 16.5. The lowest BCUT2D eigenvalue weighted by Crippen LogP contribution is -2.24. The molecular weight excluding hydrogens is 278 g/mol. The second-order valence-electron chi connectivity index (χ2n) is 4.81. The first-order valence-corrected chi connectivity index (χ1v) is 7.32. The molecule has 0 radical (unpaired) electrons. The molecule has 0 saturated carbocycles. The molecule has 0 unspecified atom stereocenters. The first-order chi connectivity index (χ1) is 10.8. The molecule has 4 nitrogen and oxygen atoms in total. The van der Waals surface area contributed by atoms with E-state index in [-0.39, 0.29) is 5.91 Å². The zero-order chi connectivity index (χ0) is 15.8. The molecule has 0 aliphatic heterocycles. The van der Waals surface area contributed by atoms with Crippen LogP contribution in [0.2, 0.25) is 0 Å². The van der Waals surface area contributed by atoms with E-state index in [1.54, 1.807) is 19.2 Å². The van der Waals surface area contributed by atoms with Crippen molar-refractivity contribution in [2.45, 2.75) is 20.1 Å². The Bertz CT molecular complexity index is 625. The Morgan fingerprint density at radius 3 is 2.45 bits per heavy atom. The highest BCUT2D eigenvalue weighted by molar-refractivity contribution is 5.96. The quantitative estimate of drug-likeness (QED) is 0.854. The van der Waals surface area contributed by atoms with E-state index in [4.69, 9.17) is 9.47 Å². The molecule has 1 N–H and O–H groups in total.